The van der Waals surface area contributed by atoms with Crippen LogP contribution in [0, 0.1) is 6.92 Å². The minimum atomic E-state index is -0.408. The summed E-state index contributed by atoms with van der Waals surface area (Å²) in [6.45, 7) is 4.59. The van der Waals surface area contributed by atoms with E-state index >= 15 is 0 Å². The van der Waals surface area contributed by atoms with E-state index in [2.05, 4.69) is 5.32 Å². The molecule has 1 N–H and O–H groups in total. The maximum absolute atomic E-state index is 13.5. The van der Waals surface area contributed by atoms with Crippen LogP contribution in [0.1, 0.15) is 24.5 Å². The smallest absolute Gasteiger partial charge is 0.282 e. The minimum Gasteiger partial charge on any atom is -0.497 e. The average Bonchev–Trinajstić information content (AvgIpc) is 3.08. The Morgan fingerprint density at radius 3 is 2.27 bits per heavy atom. The van der Waals surface area contributed by atoms with E-state index in [1.807, 2.05) is 50.2 Å². The second kappa shape index (κ2) is 9.61. The summed E-state index contributed by atoms with van der Waals surface area (Å²) in [7, 11) is 1.58. The molecule has 168 valence electrons. The molecule has 0 saturated carbocycles. The van der Waals surface area contributed by atoms with Crippen LogP contribution in [0.3, 0.4) is 0 Å². The number of anilines is 2. The van der Waals surface area contributed by atoms with Gasteiger partial charge in [-0.2, -0.15) is 0 Å². The van der Waals surface area contributed by atoms with Crippen LogP contribution in [0.5, 0.6) is 11.5 Å². The summed E-state index contributed by atoms with van der Waals surface area (Å²) in [5.41, 5.74) is 3.39. The molecule has 0 aromatic heterocycles. The van der Waals surface area contributed by atoms with Crippen LogP contribution >= 0.6 is 0 Å². The van der Waals surface area contributed by atoms with Gasteiger partial charge in [-0.05, 0) is 55.3 Å². The highest BCUT2D eigenvalue weighted by molar-refractivity contribution is 6.46. The number of methoxy groups -OCH3 is 1. The molecule has 3 aromatic carbocycles. The first-order valence-corrected chi connectivity index (χ1v) is 10.9. The number of hydrogen-bond donors (Lipinski definition) is 1. The third kappa shape index (κ3) is 4.60. The number of nitrogens with zero attached hydrogens (tertiary/aromatic N) is 1. The summed E-state index contributed by atoms with van der Waals surface area (Å²) in [5, 5.41) is 3.18. The van der Waals surface area contributed by atoms with Gasteiger partial charge in [0.15, 0.2) is 0 Å². The van der Waals surface area contributed by atoms with Gasteiger partial charge in [-0.25, -0.2) is 4.90 Å². The van der Waals surface area contributed by atoms with Crippen LogP contribution in [0.15, 0.2) is 78.5 Å². The van der Waals surface area contributed by atoms with Crippen LogP contribution in [0.25, 0.3) is 5.57 Å². The Hall–Kier alpha value is -4.06. The molecule has 0 radical (unpaired) electrons. The monoisotopic (exact) mass is 442 g/mol. The lowest BCUT2D eigenvalue weighted by molar-refractivity contribution is -0.120. The molecule has 6 heteroatoms. The van der Waals surface area contributed by atoms with Crippen molar-refractivity contribution in [1.82, 2.24) is 0 Å². The van der Waals surface area contributed by atoms with Crippen LogP contribution in [0.2, 0.25) is 0 Å². The number of rotatable bonds is 8. The Balaban J connectivity index is 1.75. The van der Waals surface area contributed by atoms with Gasteiger partial charge in [-0.15, -0.1) is 0 Å². The number of carbonyl (C=O) groups excluding carboxylic acids is 2. The number of amides is 2. The molecule has 6 nitrogen and oxygen atoms in total. The lowest BCUT2D eigenvalue weighted by Crippen LogP contribution is -2.32. The predicted octanol–water partition coefficient (Wildman–Crippen LogP) is 5.19. The summed E-state index contributed by atoms with van der Waals surface area (Å²) in [4.78, 5) is 28.2. The molecular formula is C27H26N2O4. The summed E-state index contributed by atoms with van der Waals surface area (Å²) < 4.78 is 11.0. The van der Waals surface area contributed by atoms with Crippen molar-refractivity contribution in [3.8, 4) is 11.5 Å². The van der Waals surface area contributed by atoms with Gasteiger partial charge in [-0.1, -0.05) is 42.8 Å². The Labute approximate surface area is 193 Å². The molecule has 33 heavy (non-hydrogen) atoms. The third-order valence-corrected chi connectivity index (χ3v) is 5.33. The Morgan fingerprint density at radius 1 is 0.879 bits per heavy atom. The largest absolute Gasteiger partial charge is 0.497 e. The number of aryl methyl sites for hydroxylation is 1. The summed E-state index contributed by atoms with van der Waals surface area (Å²) in [6, 6.07) is 21.8. The van der Waals surface area contributed by atoms with Crippen molar-refractivity contribution in [3.05, 3.63) is 89.6 Å². The first-order chi connectivity index (χ1) is 16.0. The zero-order valence-electron chi connectivity index (χ0n) is 18.9. The number of carbonyl (C=O) groups is 2. The number of benzene rings is 3. The molecular weight excluding hydrogens is 416 g/mol. The Kier molecular flexibility index (Phi) is 6.45. The van der Waals surface area contributed by atoms with Gasteiger partial charge in [0.25, 0.3) is 11.8 Å². The molecule has 0 fully saturated rings. The minimum absolute atomic E-state index is 0.221. The lowest BCUT2D eigenvalue weighted by atomic mass is 10.0. The zero-order chi connectivity index (χ0) is 23.4. The van der Waals surface area contributed by atoms with Crippen molar-refractivity contribution >= 4 is 28.8 Å². The van der Waals surface area contributed by atoms with Gasteiger partial charge in [0.2, 0.25) is 0 Å². The molecule has 1 aliphatic rings. The van der Waals surface area contributed by atoms with E-state index in [1.165, 1.54) is 4.90 Å². The maximum atomic E-state index is 13.5. The topological polar surface area (TPSA) is 67.9 Å². The van der Waals surface area contributed by atoms with Crippen molar-refractivity contribution in [2.75, 3.05) is 23.9 Å². The van der Waals surface area contributed by atoms with E-state index in [0.29, 0.717) is 40.6 Å². The predicted molar refractivity (Wildman–Crippen MR) is 129 cm³/mol. The third-order valence-electron chi connectivity index (χ3n) is 5.33. The van der Waals surface area contributed by atoms with Gasteiger partial charge in [0, 0.05) is 11.8 Å². The molecule has 0 atom stereocenters. The number of hydrogen-bond acceptors (Lipinski definition) is 5. The average molecular weight is 443 g/mol. The van der Waals surface area contributed by atoms with E-state index < -0.39 is 5.91 Å². The lowest BCUT2D eigenvalue weighted by Gasteiger charge is -2.16. The zero-order valence-corrected chi connectivity index (χ0v) is 18.9. The fraction of sp³-hybridized carbons (Fsp3) is 0.185. The molecule has 1 heterocycles. The quantitative estimate of drug-likeness (QED) is 0.487. The fourth-order valence-corrected chi connectivity index (χ4v) is 3.63. The number of imide groups is 1. The van der Waals surface area contributed by atoms with Crippen molar-refractivity contribution < 1.29 is 19.1 Å². The van der Waals surface area contributed by atoms with Gasteiger partial charge in [0.05, 0.1) is 25.0 Å². The van der Waals surface area contributed by atoms with Crippen molar-refractivity contribution in [2.24, 2.45) is 0 Å². The van der Waals surface area contributed by atoms with Gasteiger partial charge >= 0.3 is 0 Å². The first-order valence-electron chi connectivity index (χ1n) is 10.9. The van der Waals surface area contributed by atoms with Crippen LogP contribution in [0.4, 0.5) is 11.4 Å². The normalized spacial score (nSPS) is 13.5. The van der Waals surface area contributed by atoms with E-state index in [0.717, 1.165) is 12.0 Å². The molecule has 0 saturated heterocycles. The molecule has 0 bridgehead atoms. The SMILES string of the molecule is CCCOc1cccc(NC2=C(c3ccc(OC)cc3)C(=O)N(c3ccc(C)cc3)C2=O)c1. The molecule has 3 aromatic rings. The van der Waals surface area contributed by atoms with Crippen molar-refractivity contribution in [1.29, 1.82) is 0 Å². The Bertz CT molecular complexity index is 1200. The second-order valence-electron chi connectivity index (χ2n) is 7.76. The molecule has 0 unspecified atom stereocenters. The van der Waals surface area contributed by atoms with Gasteiger partial charge in [-0.3, -0.25) is 9.59 Å². The van der Waals surface area contributed by atoms with Crippen molar-refractivity contribution in [2.45, 2.75) is 20.3 Å². The summed E-state index contributed by atoms with van der Waals surface area (Å²) >= 11 is 0. The number of ether oxygens (including phenoxy) is 2. The van der Waals surface area contributed by atoms with Gasteiger partial charge < -0.3 is 14.8 Å². The van der Waals surface area contributed by atoms with E-state index in [-0.39, 0.29) is 11.6 Å². The maximum Gasteiger partial charge on any atom is 0.282 e. The summed E-state index contributed by atoms with van der Waals surface area (Å²) in [5.74, 6) is 0.576. The van der Waals surface area contributed by atoms with Crippen LogP contribution in [-0.2, 0) is 9.59 Å². The van der Waals surface area contributed by atoms with Crippen molar-refractivity contribution in [3.63, 3.8) is 0 Å². The molecule has 0 spiro atoms. The fourth-order valence-electron chi connectivity index (χ4n) is 3.63. The first kappa shape index (κ1) is 22.1. The molecule has 0 aliphatic carbocycles. The van der Waals surface area contributed by atoms with E-state index in [1.54, 1.807) is 43.5 Å². The second-order valence-corrected chi connectivity index (χ2v) is 7.76. The summed E-state index contributed by atoms with van der Waals surface area (Å²) in [6.07, 6.45) is 0.892. The molecule has 4 rings (SSSR count). The van der Waals surface area contributed by atoms with Crippen LogP contribution in [-0.4, -0.2) is 25.5 Å². The molecule has 2 amide bonds. The van der Waals surface area contributed by atoms with Gasteiger partial charge in [0.1, 0.15) is 17.2 Å². The van der Waals surface area contributed by atoms with E-state index in [4.69, 9.17) is 9.47 Å². The van der Waals surface area contributed by atoms with Crippen LogP contribution < -0.4 is 19.7 Å². The highest BCUT2D eigenvalue weighted by atomic mass is 16.5. The Morgan fingerprint density at radius 2 is 1.61 bits per heavy atom. The highest BCUT2D eigenvalue weighted by Gasteiger charge is 2.40. The number of nitrogens with one attached hydrogen (secondary N) is 1. The molecule has 1 aliphatic heterocycles. The standard InChI is InChI=1S/C27H26N2O4/c1-4-16-33-23-7-5-6-20(17-23)28-25-24(19-10-14-22(32-3)15-11-19)26(30)29(27(25)31)21-12-8-18(2)9-13-21/h5-15,17,28H,4,16H2,1-3H3. The van der Waals surface area contributed by atoms with E-state index in [9.17, 15) is 9.59 Å². The highest BCUT2D eigenvalue weighted by Crippen LogP contribution is 2.35.